The molecule has 0 aliphatic rings. The number of nitrogens with zero attached hydrogens (tertiary/aromatic N) is 2. The second-order valence-corrected chi connectivity index (χ2v) is 8.98. The zero-order valence-corrected chi connectivity index (χ0v) is 20.5. The van der Waals surface area contributed by atoms with Crippen molar-refractivity contribution in [1.29, 1.82) is 0 Å². The number of ether oxygens (including phenoxy) is 1. The molecule has 0 heterocycles. The van der Waals surface area contributed by atoms with Crippen LogP contribution in [0.25, 0.3) is 10.8 Å². The van der Waals surface area contributed by atoms with Crippen molar-refractivity contribution in [3.05, 3.63) is 102 Å². The molecule has 35 heavy (non-hydrogen) atoms. The van der Waals surface area contributed by atoms with Crippen LogP contribution in [0.2, 0.25) is 5.02 Å². The molecule has 0 radical (unpaired) electrons. The van der Waals surface area contributed by atoms with Crippen LogP contribution in [0.1, 0.15) is 6.92 Å². The van der Waals surface area contributed by atoms with E-state index in [0.717, 1.165) is 21.4 Å². The van der Waals surface area contributed by atoms with Crippen LogP contribution >= 0.6 is 23.4 Å². The number of anilines is 1. The molecule has 0 aromatic heterocycles. The first-order valence-electron chi connectivity index (χ1n) is 10.8. The van der Waals surface area contributed by atoms with Gasteiger partial charge in [0, 0.05) is 9.92 Å². The Hall–Kier alpha value is -3.81. The first-order chi connectivity index (χ1) is 17.1. The molecule has 0 aliphatic carbocycles. The lowest BCUT2D eigenvalue weighted by molar-refractivity contribution is -0.123. The predicted molar refractivity (Wildman–Crippen MR) is 146 cm³/mol. The van der Waals surface area contributed by atoms with Crippen molar-refractivity contribution in [3.8, 4) is 5.75 Å². The minimum atomic E-state index is -0.368. The van der Waals surface area contributed by atoms with Crippen LogP contribution in [-0.4, -0.2) is 23.3 Å². The number of carbonyl (C=O) groups excluding carboxylic acids is 1. The predicted octanol–water partition coefficient (Wildman–Crippen LogP) is 6.58. The lowest BCUT2D eigenvalue weighted by Crippen LogP contribution is -2.26. The third kappa shape index (κ3) is 7.34. The number of thioether (sulfide) groups is 1. The van der Waals surface area contributed by atoms with E-state index < -0.39 is 0 Å². The van der Waals surface area contributed by atoms with Gasteiger partial charge in [-0.2, -0.15) is 10.2 Å². The molecule has 0 saturated heterocycles. The van der Waals surface area contributed by atoms with Gasteiger partial charge in [0.2, 0.25) is 0 Å². The van der Waals surface area contributed by atoms with Gasteiger partial charge in [-0.25, -0.2) is 5.43 Å². The molecule has 1 amide bonds. The van der Waals surface area contributed by atoms with Gasteiger partial charge in [-0.1, -0.05) is 71.9 Å². The summed E-state index contributed by atoms with van der Waals surface area (Å²) in [4.78, 5) is 13.3. The number of nitrogens with one attached hydrogen (secondary N) is 2. The summed E-state index contributed by atoms with van der Waals surface area (Å²) in [5, 5.41) is 12.1. The monoisotopic (exact) mass is 502 g/mol. The van der Waals surface area contributed by atoms with Gasteiger partial charge in [-0.15, -0.1) is 0 Å². The van der Waals surface area contributed by atoms with Gasteiger partial charge in [0.25, 0.3) is 5.91 Å². The minimum absolute atomic E-state index is 0.156. The topological polar surface area (TPSA) is 75.1 Å². The molecule has 6 nitrogen and oxygen atoms in total. The zero-order chi connectivity index (χ0) is 24.5. The number of hydrogen-bond donors (Lipinski definition) is 2. The van der Waals surface area contributed by atoms with Crippen LogP contribution in [-0.2, 0) is 4.79 Å². The van der Waals surface area contributed by atoms with Gasteiger partial charge in [0.1, 0.15) is 10.8 Å². The summed E-state index contributed by atoms with van der Waals surface area (Å²) < 4.78 is 5.64. The zero-order valence-electron chi connectivity index (χ0n) is 18.9. The van der Waals surface area contributed by atoms with E-state index in [2.05, 4.69) is 21.1 Å². The van der Waals surface area contributed by atoms with Crippen LogP contribution in [0.3, 0.4) is 0 Å². The smallest absolute Gasteiger partial charge is 0.277 e. The maximum atomic E-state index is 12.4. The van der Waals surface area contributed by atoms with Gasteiger partial charge in [-0.05, 0) is 66.2 Å². The SMILES string of the molecule is CC(=N/NC(=O)COc1ccc2ccccc2c1)/C(=N\Nc1ccc(Cl)cc1)Sc1ccccc1. The second kappa shape index (κ2) is 12.1. The first-order valence-corrected chi connectivity index (χ1v) is 12.0. The van der Waals surface area contributed by atoms with E-state index in [-0.39, 0.29) is 12.5 Å². The van der Waals surface area contributed by atoms with E-state index in [4.69, 9.17) is 16.3 Å². The molecule has 0 atom stereocenters. The van der Waals surface area contributed by atoms with Gasteiger partial charge in [0.15, 0.2) is 6.61 Å². The molecule has 2 N–H and O–H groups in total. The number of benzene rings is 4. The summed E-state index contributed by atoms with van der Waals surface area (Å²) in [5.74, 6) is 0.251. The molecule has 8 heteroatoms. The van der Waals surface area contributed by atoms with Crippen molar-refractivity contribution in [2.24, 2.45) is 10.2 Å². The van der Waals surface area contributed by atoms with Crippen molar-refractivity contribution in [3.63, 3.8) is 0 Å². The molecule has 0 bridgehead atoms. The van der Waals surface area contributed by atoms with E-state index in [0.29, 0.717) is 21.5 Å². The molecule has 0 unspecified atom stereocenters. The fraction of sp³-hybridized carbons (Fsp3) is 0.0741. The van der Waals surface area contributed by atoms with Crippen LogP contribution in [0.4, 0.5) is 5.69 Å². The Balaban J connectivity index is 1.40. The van der Waals surface area contributed by atoms with Crippen LogP contribution in [0.5, 0.6) is 5.75 Å². The number of hydrogen-bond acceptors (Lipinski definition) is 6. The molecule has 0 fully saturated rings. The molecule has 0 spiro atoms. The average molecular weight is 503 g/mol. The lowest BCUT2D eigenvalue weighted by Gasteiger charge is -2.09. The molecular formula is C27H23ClN4O2S. The maximum absolute atomic E-state index is 12.4. The Morgan fingerprint density at radius 1 is 0.886 bits per heavy atom. The summed E-state index contributed by atoms with van der Waals surface area (Å²) in [7, 11) is 0. The highest BCUT2D eigenvalue weighted by molar-refractivity contribution is 8.15. The molecular weight excluding hydrogens is 480 g/mol. The summed E-state index contributed by atoms with van der Waals surface area (Å²) in [6.45, 7) is 1.62. The number of rotatable bonds is 8. The molecule has 4 aromatic rings. The Morgan fingerprint density at radius 2 is 1.60 bits per heavy atom. The number of hydrazone groups is 2. The van der Waals surface area contributed by atoms with Crippen LogP contribution in [0.15, 0.2) is 112 Å². The lowest BCUT2D eigenvalue weighted by atomic mass is 10.1. The Kier molecular flexibility index (Phi) is 8.38. The average Bonchev–Trinajstić information content (AvgIpc) is 2.89. The number of halogens is 1. The summed E-state index contributed by atoms with van der Waals surface area (Å²) in [6, 6.07) is 30.7. The second-order valence-electron chi connectivity index (χ2n) is 7.48. The van der Waals surface area contributed by atoms with Crippen molar-refractivity contribution in [2.75, 3.05) is 12.0 Å². The third-order valence-corrected chi connectivity index (χ3v) is 6.18. The number of carbonyl (C=O) groups is 1. The van der Waals surface area contributed by atoms with Crippen molar-refractivity contribution in [1.82, 2.24) is 5.43 Å². The Morgan fingerprint density at radius 3 is 2.37 bits per heavy atom. The fourth-order valence-electron chi connectivity index (χ4n) is 3.05. The van der Waals surface area contributed by atoms with Gasteiger partial charge in [-0.3, -0.25) is 10.2 Å². The van der Waals surface area contributed by atoms with E-state index >= 15 is 0 Å². The Labute approximate surface area is 213 Å². The highest BCUT2D eigenvalue weighted by Gasteiger charge is 2.10. The van der Waals surface area contributed by atoms with Gasteiger partial charge < -0.3 is 4.74 Å². The summed E-state index contributed by atoms with van der Waals surface area (Å²) >= 11 is 7.39. The summed E-state index contributed by atoms with van der Waals surface area (Å²) in [5.41, 5.74) is 6.88. The van der Waals surface area contributed by atoms with E-state index in [1.807, 2.05) is 84.9 Å². The first kappa shape index (κ1) is 24.3. The number of amides is 1. The van der Waals surface area contributed by atoms with E-state index in [1.54, 1.807) is 19.1 Å². The minimum Gasteiger partial charge on any atom is -0.484 e. The highest BCUT2D eigenvalue weighted by atomic mass is 35.5. The normalized spacial score (nSPS) is 11.8. The molecule has 4 rings (SSSR count). The summed E-state index contributed by atoms with van der Waals surface area (Å²) in [6.07, 6.45) is 0. The Bertz CT molecular complexity index is 1360. The standard InChI is InChI=1S/C27H23ClN4O2S/c1-19(29-31-26(33)18-34-24-16-11-20-7-5-6-8-21(20)17-24)27(35-25-9-3-2-4-10-25)32-30-23-14-12-22(28)13-15-23/h2-17,30H,18H2,1H3,(H,31,33)/b29-19-,32-27+. The molecule has 176 valence electrons. The molecule has 0 aliphatic heterocycles. The number of fused-ring (bicyclic) bond motifs is 1. The quantitative estimate of drug-likeness (QED) is 0.123. The van der Waals surface area contributed by atoms with E-state index in [9.17, 15) is 4.79 Å². The third-order valence-electron chi connectivity index (χ3n) is 4.84. The van der Waals surface area contributed by atoms with Crippen molar-refractivity contribution < 1.29 is 9.53 Å². The maximum Gasteiger partial charge on any atom is 0.277 e. The largest absolute Gasteiger partial charge is 0.484 e. The van der Waals surface area contributed by atoms with E-state index in [1.165, 1.54) is 11.8 Å². The highest BCUT2D eigenvalue weighted by Crippen LogP contribution is 2.22. The fourth-order valence-corrected chi connectivity index (χ4v) is 3.98. The van der Waals surface area contributed by atoms with Crippen molar-refractivity contribution in [2.45, 2.75) is 11.8 Å². The van der Waals surface area contributed by atoms with Crippen LogP contribution < -0.4 is 15.6 Å². The molecule has 4 aromatic carbocycles. The van der Waals surface area contributed by atoms with Gasteiger partial charge in [0.05, 0.1) is 11.4 Å². The van der Waals surface area contributed by atoms with Crippen LogP contribution in [0, 0.1) is 0 Å². The van der Waals surface area contributed by atoms with Gasteiger partial charge >= 0.3 is 0 Å². The van der Waals surface area contributed by atoms with Crippen molar-refractivity contribution >= 4 is 56.5 Å². The molecule has 0 saturated carbocycles.